The molecule has 0 bridgehead atoms. The third kappa shape index (κ3) is 4.72. The smallest absolute Gasteiger partial charge is 0.344 e. The van der Waals surface area contributed by atoms with E-state index in [1.54, 1.807) is 55.7 Å². The summed E-state index contributed by atoms with van der Waals surface area (Å²) in [5, 5.41) is 3.61. The summed E-state index contributed by atoms with van der Waals surface area (Å²) in [4.78, 5) is 29.2. The molecule has 1 N–H and O–H groups in total. The molecular formula is C24H20N2O5. The molecule has 0 aliphatic heterocycles. The first-order valence-electron chi connectivity index (χ1n) is 9.77. The maximum absolute atomic E-state index is 13.1. The molecule has 31 heavy (non-hydrogen) atoms. The second-order valence-electron chi connectivity index (χ2n) is 6.63. The topological polar surface area (TPSA) is 90.7 Å². The highest BCUT2D eigenvalue weighted by Crippen LogP contribution is 2.26. The summed E-state index contributed by atoms with van der Waals surface area (Å²) in [5.41, 5.74) is 2.26. The van der Waals surface area contributed by atoms with Crippen molar-refractivity contribution in [3.05, 3.63) is 78.6 Å². The van der Waals surface area contributed by atoms with Gasteiger partial charge in [0.1, 0.15) is 11.4 Å². The minimum absolute atomic E-state index is 0.202. The van der Waals surface area contributed by atoms with E-state index in [2.05, 4.69) is 10.3 Å². The zero-order chi connectivity index (χ0) is 21.6. The molecular weight excluding hydrogens is 396 g/mol. The maximum Gasteiger partial charge on any atom is 0.344 e. The average molecular weight is 416 g/mol. The van der Waals surface area contributed by atoms with E-state index in [-0.39, 0.29) is 19.1 Å². The van der Waals surface area contributed by atoms with Gasteiger partial charge < -0.3 is 19.2 Å². The number of anilines is 1. The van der Waals surface area contributed by atoms with Crippen molar-refractivity contribution < 1.29 is 23.5 Å². The Morgan fingerprint density at radius 3 is 2.71 bits per heavy atom. The number of esters is 1. The number of ether oxygens (including phenoxy) is 2. The van der Waals surface area contributed by atoms with Crippen LogP contribution in [0.4, 0.5) is 5.69 Å². The number of pyridine rings is 1. The van der Waals surface area contributed by atoms with Crippen LogP contribution >= 0.6 is 0 Å². The van der Waals surface area contributed by atoms with Crippen LogP contribution in [0.2, 0.25) is 0 Å². The van der Waals surface area contributed by atoms with E-state index in [9.17, 15) is 9.59 Å². The molecule has 7 nitrogen and oxygen atoms in total. The van der Waals surface area contributed by atoms with Crippen LogP contribution in [-0.2, 0) is 9.53 Å². The molecule has 1 amide bonds. The molecule has 0 spiro atoms. The van der Waals surface area contributed by atoms with Crippen LogP contribution in [0, 0.1) is 0 Å². The van der Waals surface area contributed by atoms with Gasteiger partial charge in [0.2, 0.25) is 0 Å². The largest absolute Gasteiger partial charge is 0.482 e. The quantitative estimate of drug-likeness (QED) is 0.440. The molecule has 0 radical (unpaired) electrons. The van der Waals surface area contributed by atoms with Gasteiger partial charge in [-0.2, -0.15) is 0 Å². The van der Waals surface area contributed by atoms with Gasteiger partial charge in [-0.05, 0) is 43.3 Å². The average Bonchev–Trinajstić information content (AvgIpc) is 3.32. The number of nitrogens with one attached hydrogen (secondary N) is 1. The van der Waals surface area contributed by atoms with Crippen LogP contribution in [0.1, 0.15) is 17.3 Å². The predicted molar refractivity (Wildman–Crippen MR) is 116 cm³/mol. The lowest BCUT2D eigenvalue weighted by atomic mass is 10.1. The molecule has 0 atom stereocenters. The van der Waals surface area contributed by atoms with Crippen molar-refractivity contribution in [2.45, 2.75) is 6.92 Å². The van der Waals surface area contributed by atoms with Gasteiger partial charge in [-0.15, -0.1) is 0 Å². The number of aromatic nitrogens is 1. The number of rotatable bonds is 7. The molecule has 0 aliphatic rings. The third-order valence-electron chi connectivity index (χ3n) is 4.49. The summed E-state index contributed by atoms with van der Waals surface area (Å²) in [7, 11) is 0. The Balaban J connectivity index is 1.59. The Kier molecular flexibility index (Phi) is 5.93. The second-order valence-corrected chi connectivity index (χ2v) is 6.63. The number of carbonyl (C=O) groups is 2. The van der Waals surface area contributed by atoms with E-state index in [0.29, 0.717) is 34.0 Å². The van der Waals surface area contributed by atoms with Crippen LogP contribution in [0.15, 0.2) is 77.4 Å². The SMILES string of the molecule is CCOC(=O)COc1cccc(NC(=O)c2cc(-c3ccco3)nc3ccccc23)c1. The fourth-order valence-corrected chi connectivity index (χ4v) is 3.12. The molecule has 0 aliphatic carbocycles. The van der Waals surface area contributed by atoms with Crippen molar-refractivity contribution in [3.8, 4) is 17.2 Å². The van der Waals surface area contributed by atoms with E-state index >= 15 is 0 Å². The van der Waals surface area contributed by atoms with Crippen molar-refractivity contribution in [3.63, 3.8) is 0 Å². The van der Waals surface area contributed by atoms with Crippen molar-refractivity contribution in [1.29, 1.82) is 0 Å². The van der Waals surface area contributed by atoms with Crippen molar-refractivity contribution in [2.24, 2.45) is 0 Å². The van der Waals surface area contributed by atoms with Gasteiger partial charge in [0.05, 0.1) is 24.0 Å². The van der Waals surface area contributed by atoms with Crippen LogP contribution < -0.4 is 10.1 Å². The number of furan rings is 1. The van der Waals surface area contributed by atoms with Crippen molar-refractivity contribution in [1.82, 2.24) is 4.98 Å². The summed E-state index contributed by atoms with van der Waals surface area (Å²) in [6.07, 6.45) is 1.56. The van der Waals surface area contributed by atoms with Gasteiger partial charge in [0.15, 0.2) is 12.4 Å². The Morgan fingerprint density at radius 2 is 1.90 bits per heavy atom. The lowest BCUT2D eigenvalue weighted by molar-refractivity contribution is -0.145. The molecule has 2 aromatic heterocycles. The molecule has 4 rings (SSSR count). The van der Waals surface area contributed by atoms with Gasteiger partial charge in [0.25, 0.3) is 5.91 Å². The molecule has 0 saturated carbocycles. The highest BCUT2D eigenvalue weighted by Gasteiger charge is 2.15. The van der Waals surface area contributed by atoms with Gasteiger partial charge in [-0.3, -0.25) is 4.79 Å². The highest BCUT2D eigenvalue weighted by atomic mass is 16.6. The van der Waals surface area contributed by atoms with Crippen LogP contribution in [0.3, 0.4) is 0 Å². The van der Waals surface area contributed by atoms with E-state index in [4.69, 9.17) is 13.9 Å². The number of nitrogens with zero attached hydrogens (tertiary/aromatic N) is 1. The Hall–Kier alpha value is -4.13. The predicted octanol–water partition coefficient (Wildman–Crippen LogP) is 4.69. The zero-order valence-corrected chi connectivity index (χ0v) is 16.8. The van der Waals surface area contributed by atoms with Gasteiger partial charge in [-0.25, -0.2) is 9.78 Å². The molecule has 156 valence electrons. The van der Waals surface area contributed by atoms with E-state index in [0.717, 1.165) is 5.39 Å². The monoisotopic (exact) mass is 416 g/mol. The number of para-hydroxylation sites is 1. The fraction of sp³-hybridized carbons (Fsp3) is 0.125. The van der Waals surface area contributed by atoms with Gasteiger partial charge >= 0.3 is 5.97 Å². The number of benzene rings is 2. The zero-order valence-electron chi connectivity index (χ0n) is 16.8. The molecule has 0 saturated heterocycles. The lowest BCUT2D eigenvalue weighted by Gasteiger charge is -2.11. The van der Waals surface area contributed by atoms with Gasteiger partial charge in [0, 0.05) is 17.1 Å². The summed E-state index contributed by atoms with van der Waals surface area (Å²) >= 11 is 0. The molecule has 0 unspecified atom stereocenters. The number of fused-ring (bicyclic) bond motifs is 1. The Labute approximate surface area is 178 Å². The highest BCUT2D eigenvalue weighted by molar-refractivity contribution is 6.13. The van der Waals surface area contributed by atoms with E-state index in [1.165, 1.54) is 0 Å². The second kappa shape index (κ2) is 9.13. The molecule has 0 fully saturated rings. The van der Waals surface area contributed by atoms with Crippen LogP contribution in [0.25, 0.3) is 22.4 Å². The van der Waals surface area contributed by atoms with Gasteiger partial charge in [-0.1, -0.05) is 24.3 Å². The molecule has 2 heterocycles. The molecule has 2 aromatic carbocycles. The Morgan fingerprint density at radius 1 is 1.03 bits per heavy atom. The van der Waals surface area contributed by atoms with Crippen molar-refractivity contribution in [2.75, 3.05) is 18.5 Å². The summed E-state index contributed by atoms with van der Waals surface area (Å²) in [6, 6.07) is 19.5. The summed E-state index contributed by atoms with van der Waals surface area (Å²) < 4.78 is 15.7. The summed E-state index contributed by atoms with van der Waals surface area (Å²) in [5.74, 6) is 0.274. The van der Waals surface area contributed by atoms with Crippen LogP contribution in [0.5, 0.6) is 5.75 Å². The normalized spacial score (nSPS) is 10.6. The first-order chi connectivity index (χ1) is 15.1. The third-order valence-corrected chi connectivity index (χ3v) is 4.49. The lowest BCUT2D eigenvalue weighted by Crippen LogP contribution is -2.15. The first kappa shape index (κ1) is 20.2. The van der Waals surface area contributed by atoms with Crippen LogP contribution in [-0.4, -0.2) is 30.1 Å². The standard InChI is InChI=1S/C24H20N2O5/c1-2-29-23(27)15-31-17-8-5-7-16(13-17)25-24(28)19-14-21(22-11-6-12-30-22)26-20-10-4-3-9-18(19)20/h3-14H,2,15H2,1H3,(H,25,28). The number of amides is 1. The fourth-order valence-electron chi connectivity index (χ4n) is 3.12. The molecule has 7 heteroatoms. The summed E-state index contributed by atoms with van der Waals surface area (Å²) in [6.45, 7) is 1.82. The number of hydrogen-bond acceptors (Lipinski definition) is 6. The Bertz CT molecular complexity index is 1220. The first-order valence-corrected chi connectivity index (χ1v) is 9.77. The molecule has 4 aromatic rings. The maximum atomic E-state index is 13.1. The van der Waals surface area contributed by atoms with Crippen molar-refractivity contribution >= 4 is 28.5 Å². The minimum atomic E-state index is -0.453. The van der Waals surface area contributed by atoms with E-state index in [1.807, 2.05) is 24.3 Å². The van der Waals surface area contributed by atoms with E-state index < -0.39 is 5.97 Å². The number of hydrogen-bond donors (Lipinski definition) is 1. The number of carbonyl (C=O) groups excluding carboxylic acids is 2. The minimum Gasteiger partial charge on any atom is -0.482 e.